The Morgan fingerprint density at radius 2 is 1.88 bits per heavy atom. The number of hydrogen-bond acceptors (Lipinski definition) is 4. The number of amides is 1. The van der Waals surface area contributed by atoms with Crippen LogP contribution in [-0.4, -0.2) is 56.8 Å². The van der Waals surface area contributed by atoms with Crippen LogP contribution in [0.4, 0.5) is 4.39 Å². The third-order valence-electron chi connectivity index (χ3n) is 6.64. The van der Waals surface area contributed by atoms with Crippen LogP contribution < -0.4 is 4.72 Å². The van der Waals surface area contributed by atoms with Crippen LogP contribution in [0.15, 0.2) is 48.5 Å². The van der Waals surface area contributed by atoms with Crippen LogP contribution in [0.3, 0.4) is 0 Å². The lowest BCUT2D eigenvalue weighted by Crippen LogP contribution is -2.58. The highest BCUT2D eigenvalue weighted by molar-refractivity contribution is 7.88. The molecule has 4 rings (SSSR count). The van der Waals surface area contributed by atoms with Gasteiger partial charge in [0.25, 0.3) is 5.91 Å². The van der Waals surface area contributed by atoms with E-state index in [9.17, 15) is 17.6 Å². The fourth-order valence-corrected chi connectivity index (χ4v) is 5.65. The molecule has 1 N–H and O–H groups in total. The molecule has 1 saturated heterocycles. The van der Waals surface area contributed by atoms with Crippen molar-refractivity contribution in [3.05, 3.63) is 59.9 Å². The van der Waals surface area contributed by atoms with Crippen LogP contribution in [0.25, 0.3) is 11.1 Å². The van der Waals surface area contributed by atoms with Gasteiger partial charge in [0.1, 0.15) is 11.4 Å². The molecule has 2 aromatic carbocycles. The summed E-state index contributed by atoms with van der Waals surface area (Å²) in [5.74, 6) is -0.362. The normalized spacial score (nSPS) is 22.5. The van der Waals surface area contributed by atoms with E-state index in [4.69, 9.17) is 4.74 Å². The Morgan fingerprint density at radius 3 is 2.47 bits per heavy atom. The van der Waals surface area contributed by atoms with Crippen LogP contribution in [0.1, 0.15) is 31.2 Å². The maximum absolute atomic E-state index is 13.7. The number of ether oxygens (including phenoxy) is 1. The molecule has 0 radical (unpaired) electrons. The summed E-state index contributed by atoms with van der Waals surface area (Å²) in [5, 5.41) is 0. The number of nitrogens with zero attached hydrogens (tertiary/aromatic N) is 1. The van der Waals surface area contributed by atoms with Crippen molar-refractivity contribution in [1.29, 1.82) is 0 Å². The molecule has 6 nitrogen and oxygen atoms in total. The summed E-state index contributed by atoms with van der Waals surface area (Å²) in [4.78, 5) is 15.2. The molecule has 1 saturated carbocycles. The molecule has 1 heterocycles. The van der Waals surface area contributed by atoms with Crippen molar-refractivity contribution in [3.63, 3.8) is 0 Å². The van der Waals surface area contributed by atoms with E-state index in [1.54, 1.807) is 18.1 Å². The molecule has 0 bridgehead atoms. The zero-order valence-electron chi connectivity index (χ0n) is 18.4. The monoisotopic (exact) mass is 460 g/mol. The maximum atomic E-state index is 13.7. The zero-order chi connectivity index (χ0) is 22.9. The largest absolute Gasteiger partial charge is 0.368 e. The molecule has 2 aromatic rings. The van der Waals surface area contributed by atoms with Gasteiger partial charge in [-0.1, -0.05) is 36.4 Å². The lowest BCUT2D eigenvalue weighted by molar-refractivity contribution is -0.167. The predicted octanol–water partition coefficient (Wildman–Crippen LogP) is 3.12. The van der Waals surface area contributed by atoms with E-state index in [0.717, 1.165) is 29.4 Å². The second kappa shape index (κ2) is 8.92. The van der Waals surface area contributed by atoms with E-state index >= 15 is 0 Å². The van der Waals surface area contributed by atoms with Gasteiger partial charge in [0.2, 0.25) is 10.0 Å². The highest BCUT2D eigenvalue weighted by Crippen LogP contribution is 2.39. The van der Waals surface area contributed by atoms with Gasteiger partial charge in [0.05, 0.1) is 12.3 Å². The molecule has 2 fully saturated rings. The molecule has 1 aliphatic heterocycles. The number of carbonyl (C=O) groups is 1. The minimum absolute atomic E-state index is 0.0599. The summed E-state index contributed by atoms with van der Waals surface area (Å²) < 4.78 is 46.0. The lowest BCUT2D eigenvalue weighted by atomic mass is 9.78. The Kier molecular flexibility index (Phi) is 6.38. The Balaban J connectivity index is 1.62. The molecule has 2 aliphatic rings. The first kappa shape index (κ1) is 22.9. The van der Waals surface area contributed by atoms with Crippen molar-refractivity contribution < 1.29 is 22.3 Å². The topological polar surface area (TPSA) is 75.7 Å². The number of carbonyl (C=O) groups excluding carboxylic acids is 1. The minimum atomic E-state index is -3.43. The number of sulfonamides is 1. The average Bonchev–Trinajstić information content (AvgIpc) is 3.08. The van der Waals surface area contributed by atoms with Gasteiger partial charge < -0.3 is 9.64 Å². The summed E-state index contributed by atoms with van der Waals surface area (Å²) in [6.07, 6.45) is 4.49. The van der Waals surface area contributed by atoms with Crippen LogP contribution in [-0.2, 0) is 26.0 Å². The van der Waals surface area contributed by atoms with Gasteiger partial charge in [-0.2, -0.15) is 0 Å². The Bertz CT molecular complexity index is 1100. The van der Waals surface area contributed by atoms with E-state index in [1.165, 1.54) is 12.1 Å². The van der Waals surface area contributed by atoms with Gasteiger partial charge in [-0.05, 0) is 60.9 Å². The number of methoxy groups -OCH3 is 1. The lowest BCUT2D eigenvalue weighted by Gasteiger charge is -2.43. The average molecular weight is 461 g/mol. The zero-order valence-corrected chi connectivity index (χ0v) is 19.2. The number of rotatable bonds is 7. The molecule has 0 unspecified atom stereocenters. The molecule has 172 valence electrons. The maximum Gasteiger partial charge on any atom is 0.255 e. The van der Waals surface area contributed by atoms with Gasteiger partial charge in [-0.25, -0.2) is 17.5 Å². The third-order valence-corrected chi connectivity index (χ3v) is 7.37. The highest BCUT2D eigenvalue weighted by Gasteiger charge is 2.50. The van der Waals surface area contributed by atoms with E-state index in [2.05, 4.69) is 4.72 Å². The summed E-state index contributed by atoms with van der Waals surface area (Å²) in [5.41, 5.74) is 1.81. The number of halogens is 1. The number of likely N-dealkylation sites (tertiary alicyclic amines) is 1. The number of hydrogen-bond donors (Lipinski definition) is 1. The molecule has 0 aromatic heterocycles. The fraction of sp³-hybridized carbons (Fsp3) is 0.458. The SMILES string of the molecule is COC1(C(=O)N2CC[C@H](NS(C)(=O)=O)[C@@H]2Cc2cccc(-c3cccc(F)c3)c2)CCC1. The standard InChI is InChI=1S/C24H29FN2O4S/c1-31-24(11-5-12-24)23(28)27-13-10-21(26-32(2,29)30)22(27)15-17-6-3-7-18(14-17)19-8-4-9-20(25)16-19/h3-4,6-9,14,16,21-22,26H,5,10-13,15H2,1-2H3/t21-,22-/m0/s1. The van der Waals surface area contributed by atoms with E-state index < -0.39 is 15.6 Å². The minimum Gasteiger partial charge on any atom is -0.368 e. The summed E-state index contributed by atoms with van der Waals surface area (Å²) in [6.45, 7) is 0.478. The molecule has 1 amide bonds. The van der Waals surface area contributed by atoms with E-state index in [1.807, 2.05) is 30.3 Å². The molecular weight excluding hydrogens is 431 g/mol. The van der Waals surface area contributed by atoms with E-state index in [-0.39, 0.29) is 23.8 Å². The molecule has 32 heavy (non-hydrogen) atoms. The first-order valence-electron chi connectivity index (χ1n) is 10.9. The van der Waals surface area contributed by atoms with Crippen LogP contribution in [0, 0.1) is 5.82 Å². The smallest absolute Gasteiger partial charge is 0.255 e. The molecule has 0 spiro atoms. The highest BCUT2D eigenvalue weighted by atomic mass is 32.2. The second-order valence-electron chi connectivity index (χ2n) is 8.82. The number of benzene rings is 2. The van der Waals surface area contributed by atoms with Gasteiger partial charge >= 0.3 is 0 Å². The molecule has 2 atom stereocenters. The van der Waals surface area contributed by atoms with Gasteiger partial charge in [0, 0.05) is 19.7 Å². The first-order chi connectivity index (χ1) is 15.2. The van der Waals surface area contributed by atoms with Crippen molar-refractivity contribution in [2.45, 2.75) is 49.8 Å². The second-order valence-corrected chi connectivity index (χ2v) is 10.6. The van der Waals surface area contributed by atoms with Crippen molar-refractivity contribution in [3.8, 4) is 11.1 Å². The summed E-state index contributed by atoms with van der Waals surface area (Å²) >= 11 is 0. The quantitative estimate of drug-likeness (QED) is 0.689. The van der Waals surface area contributed by atoms with Crippen LogP contribution in [0.5, 0.6) is 0 Å². The van der Waals surface area contributed by atoms with Crippen molar-refractivity contribution in [2.24, 2.45) is 0 Å². The Morgan fingerprint density at radius 1 is 1.19 bits per heavy atom. The van der Waals surface area contributed by atoms with Gasteiger partial charge in [-0.3, -0.25) is 4.79 Å². The summed E-state index contributed by atoms with van der Waals surface area (Å²) in [7, 11) is -1.86. The van der Waals surface area contributed by atoms with Gasteiger partial charge in [-0.15, -0.1) is 0 Å². The fourth-order valence-electron chi connectivity index (χ4n) is 4.82. The Labute approximate surface area is 188 Å². The predicted molar refractivity (Wildman–Crippen MR) is 121 cm³/mol. The molecule has 8 heteroatoms. The Hall–Kier alpha value is -2.29. The third kappa shape index (κ3) is 4.72. The first-order valence-corrected chi connectivity index (χ1v) is 12.8. The van der Waals surface area contributed by atoms with Crippen molar-refractivity contribution in [2.75, 3.05) is 19.9 Å². The van der Waals surface area contributed by atoms with Gasteiger partial charge in [0.15, 0.2) is 0 Å². The van der Waals surface area contributed by atoms with Crippen LogP contribution >= 0.6 is 0 Å². The van der Waals surface area contributed by atoms with Crippen molar-refractivity contribution >= 4 is 15.9 Å². The number of nitrogens with one attached hydrogen (secondary N) is 1. The molecular formula is C24H29FN2O4S. The summed E-state index contributed by atoms with van der Waals surface area (Å²) in [6, 6.07) is 13.5. The van der Waals surface area contributed by atoms with Crippen molar-refractivity contribution in [1.82, 2.24) is 9.62 Å². The van der Waals surface area contributed by atoms with Crippen LogP contribution in [0.2, 0.25) is 0 Å². The molecule has 1 aliphatic carbocycles. The van der Waals surface area contributed by atoms with E-state index in [0.29, 0.717) is 32.2 Å².